The van der Waals surface area contributed by atoms with Gasteiger partial charge in [0.05, 0.1) is 24.5 Å². The Morgan fingerprint density at radius 2 is 1.94 bits per heavy atom. The molecule has 0 saturated heterocycles. The first kappa shape index (κ1) is 25.2. The van der Waals surface area contributed by atoms with Crippen molar-refractivity contribution in [3.63, 3.8) is 0 Å². The van der Waals surface area contributed by atoms with Gasteiger partial charge in [-0.2, -0.15) is 10.5 Å². The average molecular weight is 486 g/mol. The zero-order chi connectivity index (χ0) is 25.9. The number of anilines is 1. The molecule has 1 amide bonds. The number of aromatic nitrogens is 2. The van der Waals surface area contributed by atoms with E-state index in [1.807, 2.05) is 24.3 Å². The Morgan fingerprint density at radius 3 is 2.53 bits per heavy atom. The summed E-state index contributed by atoms with van der Waals surface area (Å²) >= 11 is 0. The van der Waals surface area contributed by atoms with Crippen LogP contribution in [0.5, 0.6) is 0 Å². The van der Waals surface area contributed by atoms with Crippen LogP contribution >= 0.6 is 0 Å². The molecule has 1 aromatic carbocycles. The number of H-pyrrole nitrogens is 1. The van der Waals surface area contributed by atoms with Crippen molar-refractivity contribution >= 4 is 23.1 Å². The fraction of sp³-hybridized carbons (Fsp3) is 0.464. The van der Waals surface area contributed by atoms with Gasteiger partial charge >= 0.3 is 5.97 Å². The number of rotatable bonds is 5. The standard InChI is InChI=1S/C28H31N5O3/c1-27(2)10-6-18(7-11-27)22-14-20(28(17-30)12-8-19(9-13-28)26(35)36-3)4-5-23(22)33-25(34)24-31-16-21(15-29)32-24/h4-6,14,16,19H,7-13H2,1-3H3,(H,31,32)(H,33,34). The van der Waals surface area contributed by atoms with Gasteiger partial charge in [-0.15, -0.1) is 0 Å². The minimum Gasteiger partial charge on any atom is -0.469 e. The largest absolute Gasteiger partial charge is 0.469 e. The van der Waals surface area contributed by atoms with E-state index in [0.29, 0.717) is 31.4 Å². The van der Waals surface area contributed by atoms with E-state index in [-0.39, 0.29) is 28.8 Å². The molecule has 0 aliphatic heterocycles. The van der Waals surface area contributed by atoms with Crippen molar-refractivity contribution in [1.29, 1.82) is 10.5 Å². The highest BCUT2D eigenvalue weighted by molar-refractivity contribution is 6.03. The lowest BCUT2D eigenvalue weighted by molar-refractivity contribution is -0.146. The molecule has 2 N–H and O–H groups in total. The van der Waals surface area contributed by atoms with Gasteiger partial charge in [-0.25, -0.2) is 4.98 Å². The number of allylic oxidation sites excluding steroid dienone is 2. The van der Waals surface area contributed by atoms with Crippen molar-refractivity contribution in [1.82, 2.24) is 9.97 Å². The number of methoxy groups -OCH3 is 1. The molecule has 0 spiro atoms. The molecular weight excluding hydrogens is 454 g/mol. The summed E-state index contributed by atoms with van der Waals surface area (Å²) in [5, 5.41) is 22.2. The molecule has 0 bridgehead atoms. The van der Waals surface area contributed by atoms with Gasteiger partial charge in [-0.05, 0) is 73.6 Å². The number of benzene rings is 1. The van der Waals surface area contributed by atoms with Crippen molar-refractivity contribution in [3.05, 3.63) is 53.1 Å². The summed E-state index contributed by atoms with van der Waals surface area (Å²) in [4.78, 5) is 31.7. The maximum absolute atomic E-state index is 12.9. The molecule has 8 heteroatoms. The summed E-state index contributed by atoms with van der Waals surface area (Å²) in [6.45, 7) is 4.49. The number of nitrogens with zero attached hydrogens (tertiary/aromatic N) is 3. The zero-order valence-electron chi connectivity index (χ0n) is 21.0. The maximum Gasteiger partial charge on any atom is 0.308 e. The highest BCUT2D eigenvalue weighted by atomic mass is 16.5. The molecule has 1 saturated carbocycles. The van der Waals surface area contributed by atoms with Gasteiger partial charge in [0, 0.05) is 17.4 Å². The van der Waals surface area contributed by atoms with E-state index in [4.69, 9.17) is 10.00 Å². The minimum absolute atomic E-state index is 0.0648. The molecule has 4 rings (SSSR count). The van der Waals surface area contributed by atoms with Crippen LogP contribution in [-0.2, 0) is 14.9 Å². The van der Waals surface area contributed by atoms with E-state index < -0.39 is 11.3 Å². The highest BCUT2D eigenvalue weighted by Gasteiger charge is 2.40. The predicted octanol–water partition coefficient (Wildman–Crippen LogP) is 5.25. The maximum atomic E-state index is 12.9. The van der Waals surface area contributed by atoms with Gasteiger partial charge in [0.25, 0.3) is 5.91 Å². The van der Waals surface area contributed by atoms with Crippen molar-refractivity contribution in [2.75, 3.05) is 12.4 Å². The first-order valence-electron chi connectivity index (χ1n) is 12.3. The Balaban J connectivity index is 1.68. The topological polar surface area (TPSA) is 132 Å². The van der Waals surface area contributed by atoms with Crippen LogP contribution in [0.15, 0.2) is 30.5 Å². The fourth-order valence-electron chi connectivity index (χ4n) is 5.19. The first-order valence-corrected chi connectivity index (χ1v) is 12.3. The predicted molar refractivity (Wildman–Crippen MR) is 135 cm³/mol. The van der Waals surface area contributed by atoms with Crippen molar-refractivity contribution in [3.8, 4) is 12.1 Å². The van der Waals surface area contributed by atoms with Crippen LogP contribution < -0.4 is 5.32 Å². The second-order valence-corrected chi connectivity index (χ2v) is 10.5. The number of carbonyl (C=O) groups is 2. The molecule has 2 aliphatic rings. The highest BCUT2D eigenvalue weighted by Crippen LogP contribution is 2.45. The number of hydrogen-bond donors (Lipinski definition) is 2. The van der Waals surface area contributed by atoms with E-state index in [1.165, 1.54) is 13.3 Å². The molecule has 1 aromatic heterocycles. The average Bonchev–Trinajstić information content (AvgIpc) is 3.38. The van der Waals surface area contributed by atoms with E-state index in [1.54, 1.807) is 0 Å². The summed E-state index contributed by atoms with van der Waals surface area (Å²) in [5.41, 5.74) is 3.24. The Hall–Kier alpha value is -3.91. The Morgan fingerprint density at radius 1 is 1.19 bits per heavy atom. The van der Waals surface area contributed by atoms with E-state index >= 15 is 0 Å². The van der Waals surface area contributed by atoms with Crippen LogP contribution in [0.2, 0.25) is 0 Å². The lowest BCUT2D eigenvalue weighted by Crippen LogP contribution is -2.33. The Labute approximate surface area is 211 Å². The van der Waals surface area contributed by atoms with Crippen LogP contribution in [0, 0.1) is 34.0 Å². The molecule has 186 valence electrons. The normalized spacial score (nSPS) is 23.0. The van der Waals surface area contributed by atoms with Crippen LogP contribution in [0.3, 0.4) is 0 Å². The number of nitrogens with one attached hydrogen (secondary N) is 2. The Bertz CT molecular complexity index is 1280. The lowest BCUT2D eigenvalue weighted by atomic mass is 9.67. The third-order valence-electron chi connectivity index (χ3n) is 7.63. The lowest BCUT2D eigenvalue weighted by Gasteiger charge is -2.35. The molecular formula is C28H31N5O3. The fourth-order valence-corrected chi connectivity index (χ4v) is 5.19. The second-order valence-electron chi connectivity index (χ2n) is 10.5. The first-order chi connectivity index (χ1) is 17.2. The Kier molecular flexibility index (Phi) is 6.99. The number of esters is 1. The quantitative estimate of drug-likeness (QED) is 0.556. The summed E-state index contributed by atoms with van der Waals surface area (Å²) in [5.74, 6) is -0.761. The van der Waals surface area contributed by atoms with E-state index in [0.717, 1.165) is 36.0 Å². The smallest absolute Gasteiger partial charge is 0.308 e. The number of aromatic amines is 1. The molecule has 8 nitrogen and oxygen atoms in total. The third-order valence-corrected chi connectivity index (χ3v) is 7.63. The molecule has 2 aliphatic carbocycles. The van der Waals surface area contributed by atoms with E-state index in [9.17, 15) is 14.9 Å². The van der Waals surface area contributed by atoms with Crippen molar-refractivity contribution in [2.45, 2.75) is 64.2 Å². The summed E-state index contributed by atoms with van der Waals surface area (Å²) in [7, 11) is 1.40. The van der Waals surface area contributed by atoms with Gasteiger partial charge in [-0.3, -0.25) is 9.59 Å². The molecule has 36 heavy (non-hydrogen) atoms. The molecule has 1 fully saturated rings. The number of amides is 1. The summed E-state index contributed by atoms with van der Waals surface area (Å²) in [6.07, 6.45) is 8.78. The zero-order valence-corrected chi connectivity index (χ0v) is 21.0. The van der Waals surface area contributed by atoms with Crippen molar-refractivity contribution < 1.29 is 14.3 Å². The number of carbonyl (C=O) groups excluding carboxylic acids is 2. The van der Waals surface area contributed by atoms with Gasteiger partial charge in [-0.1, -0.05) is 26.0 Å². The number of ether oxygens (including phenoxy) is 1. The third kappa shape index (κ3) is 5.04. The molecule has 0 radical (unpaired) electrons. The van der Waals surface area contributed by atoms with Crippen LogP contribution in [0.1, 0.15) is 86.2 Å². The SMILES string of the molecule is COC(=O)C1CCC(C#N)(c2ccc(NC(=O)c3nc(C#N)c[nH]3)c(C3=CCC(C)(C)CC3)c2)CC1. The monoisotopic (exact) mass is 485 g/mol. The number of imidazole rings is 1. The molecule has 1 heterocycles. The minimum atomic E-state index is -0.695. The van der Waals surface area contributed by atoms with Gasteiger partial charge in [0.15, 0.2) is 11.5 Å². The van der Waals surface area contributed by atoms with Gasteiger partial charge in [0.2, 0.25) is 0 Å². The van der Waals surface area contributed by atoms with Crippen molar-refractivity contribution in [2.24, 2.45) is 11.3 Å². The van der Waals surface area contributed by atoms with E-state index in [2.05, 4.69) is 41.3 Å². The van der Waals surface area contributed by atoms with Crippen LogP contribution in [0.4, 0.5) is 5.69 Å². The van der Waals surface area contributed by atoms with Gasteiger partial charge < -0.3 is 15.0 Å². The van der Waals surface area contributed by atoms with Crippen LogP contribution in [-0.4, -0.2) is 29.0 Å². The molecule has 2 aromatic rings. The van der Waals surface area contributed by atoms with Crippen LogP contribution in [0.25, 0.3) is 5.57 Å². The summed E-state index contributed by atoms with van der Waals surface area (Å²) < 4.78 is 4.92. The molecule has 0 atom stereocenters. The second kappa shape index (κ2) is 9.99. The van der Waals surface area contributed by atoms with Gasteiger partial charge in [0.1, 0.15) is 6.07 Å². The summed E-state index contributed by atoms with van der Waals surface area (Å²) in [6, 6.07) is 10.2. The molecule has 0 unspecified atom stereocenters. The number of hydrogen-bond acceptors (Lipinski definition) is 6. The number of nitriles is 2.